The maximum Gasteiger partial charge on any atom is 0.328 e. The van der Waals surface area contributed by atoms with E-state index < -0.39 is 11.8 Å². The average Bonchev–Trinajstić information content (AvgIpc) is 2.43. The fraction of sp³-hybridized carbons (Fsp3) is 0.333. The molecule has 0 aliphatic heterocycles. The summed E-state index contributed by atoms with van der Waals surface area (Å²) in [6.45, 7) is 3.80. The van der Waals surface area contributed by atoms with Crippen LogP contribution < -0.4 is 5.32 Å². The van der Waals surface area contributed by atoms with E-state index in [1.807, 2.05) is 6.92 Å². The molecule has 0 saturated carbocycles. The van der Waals surface area contributed by atoms with E-state index in [4.69, 9.17) is 5.11 Å². The Bertz CT molecular complexity index is 526. The van der Waals surface area contributed by atoms with Crippen molar-refractivity contribution in [3.05, 3.63) is 41.2 Å². The number of benzene rings is 1. The van der Waals surface area contributed by atoms with E-state index >= 15 is 0 Å². The minimum atomic E-state index is -1.07. The summed E-state index contributed by atoms with van der Waals surface area (Å²) in [5.74, 6) is -1.74. The highest BCUT2D eigenvalue weighted by Gasteiger charge is 2.11. The number of amides is 1. The van der Waals surface area contributed by atoms with Crippen molar-refractivity contribution in [1.82, 2.24) is 5.32 Å². The Labute approximate surface area is 117 Å². The quantitative estimate of drug-likeness (QED) is 0.786. The molecule has 1 aromatic rings. The van der Waals surface area contributed by atoms with Crippen LogP contribution in [0.5, 0.6) is 0 Å². The normalized spacial score (nSPS) is 12.3. The number of carbonyl (C=O) groups is 2. The number of carbonyl (C=O) groups excluding carboxylic acids is 1. The molecule has 0 aromatic heterocycles. The third-order valence-corrected chi connectivity index (χ3v) is 3.00. The van der Waals surface area contributed by atoms with Crippen LogP contribution in [-0.4, -0.2) is 17.0 Å². The molecule has 20 heavy (non-hydrogen) atoms. The van der Waals surface area contributed by atoms with Crippen molar-refractivity contribution in [3.63, 3.8) is 0 Å². The molecule has 1 rings (SSSR count). The van der Waals surface area contributed by atoms with Gasteiger partial charge < -0.3 is 10.4 Å². The summed E-state index contributed by atoms with van der Waals surface area (Å²) < 4.78 is 13.6. The minimum absolute atomic E-state index is 0.0871. The highest BCUT2D eigenvalue weighted by atomic mass is 19.1. The average molecular weight is 279 g/mol. The number of nitrogens with one attached hydrogen (secondary N) is 1. The molecule has 1 aromatic carbocycles. The van der Waals surface area contributed by atoms with E-state index in [-0.39, 0.29) is 18.4 Å². The van der Waals surface area contributed by atoms with Crippen molar-refractivity contribution in [3.8, 4) is 0 Å². The molecule has 108 valence electrons. The molecule has 2 N–H and O–H groups in total. The molecule has 1 amide bonds. The van der Waals surface area contributed by atoms with Gasteiger partial charge in [0.1, 0.15) is 5.82 Å². The Morgan fingerprint density at radius 1 is 1.45 bits per heavy atom. The molecule has 1 unspecified atom stereocenters. The molecule has 1 atom stereocenters. The standard InChI is InChI=1S/C15H18FNO3/c1-3-10(2)15(20)17-9-12-8-11(4-6-13(12)16)5-7-14(18)19/h4-8,10H,3,9H2,1-2H3,(H,17,20)(H,18,19). The lowest BCUT2D eigenvalue weighted by atomic mass is 10.1. The van der Waals surface area contributed by atoms with Crippen molar-refractivity contribution < 1.29 is 19.1 Å². The number of hydrogen-bond acceptors (Lipinski definition) is 2. The Morgan fingerprint density at radius 2 is 2.15 bits per heavy atom. The summed E-state index contributed by atoms with van der Waals surface area (Å²) in [6, 6.07) is 4.26. The Morgan fingerprint density at radius 3 is 2.75 bits per heavy atom. The van der Waals surface area contributed by atoms with E-state index in [1.165, 1.54) is 24.3 Å². The van der Waals surface area contributed by atoms with Crippen molar-refractivity contribution in [2.75, 3.05) is 0 Å². The first kappa shape index (κ1) is 15.9. The van der Waals surface area contributed by atoms with Gasteiger partial charge in [0, 0.05) is 24.1 Å². The summed E-state index contributed by atoms with van der Waals surface area (Å²) in [5.41, 5.74) is 0.899. The van der Waals surface area contributed by atoms with Crippen LogP contribution in [0.25, 0.3) is 6.08 Å². The van der Waals surface area contributed by atoms with Gasteiger partial charge in [-0.2, -0.15) is 0 Å². The van der Waals surface area contributed by atoms with Gasteiger partial charge in [0.25, 0.3) is 0 Å². The first-order chi connectivity index (χ1) is 9.43. The van der Waals surface area contributed by atoms with E-state index in [0.717, 1.165) is 12.5 Å². The van der Waals surface area contributed by atoms with Crippen LogP contribution in [-0.2, 0) is 16.1 Å². The molecule has 0 heterocycles. The predicted octanol–water partition coefficient (Wildman–Crippen LogP) is 2.59. The minimum Gasteiger partial charge on any atom is -0.478 e. The molecule has 0 bridgehead atoms. The molecule has 5 heteroatoms. The van der Waals surface area contributed by atoms with Crippen LogP contribution in [0, 0.1) is 11.7 Å². The number of halogens is 1. The first-order valence-electron chi connectivity index (χ1n) is 6.41. The number of aliphatic carboxylic acids is 1. The summed E-state index contributed by atoms with van der Waals surface area (Å²) in [4.78, 5) is 22.1. The lowest BCUT2D eigenvalue weighted by Crippen LogP contribution is -2.28. The van der Waals surface area contributed by atoms with Gasteiger partial charge in [-0.15, -0.1) is 0 Å². The zero-order chi connectivity index (χ0) is 15.1. The van der Waals surface area contributed by atoms with Crippen LogP contribution >= 0.6 is 0 Å². The van der Waals surface area contributed by atoms with Crippen LogP contribution in [0.3, 0.4) is 0 Å². The Kier molecular flexibility index (Phi) is 5.90. The largest absolute Gasteiger partial charge is 0.478 e. The third kappa shape index (κ3) is 4.84. The molecular weight excluding hydrogens is 261 g/mol. The van der Waals surface area contributed by atoms with E-state index in [2.05, 4.69) is 5.32 Å². The number of carboxylic acid groups (broad SMARTS) is 1. The van der Waals surface area contributed by atoms with Crippen LogP contribution in [0.1, 0.15) is 31.4 Å². The Hall–Kier alpha value is -2.17. The van der Waals surface area contributed by atoms with Crippen molar-refractivity contribution >= 4 is 18.0 Å². The van der Waals surface area contributed by atoms with Gasteiger partial charge in [0.05, 0.1) is 0 Å². The van der Waals surface area contributed by atoms with Crippen LogP contribution in [0.2, 0.25) is 0 Å². The maximum atomic E-state index is 13.6. The number of rotatable bonds is 6. The van der Waals surface area contributed by atoms with Gasteiger partial charge in [-0.1, -0.05) is 19.9 Å². The summed E-state index contributed by atoms with van der Waals surface area (Å²) in [7, 11) is 0. The van der Waals surface area contributed by atoms with Crippen molar-refractivity contribution in [2.45, 2.75) is 26.8 Å². The van der Waals surface area contributed by atoms with Crippen molar-refractivity contribution in [1.29, 1.82) is 0 Å². The topological polar surface area (TPSA) is 66.4 Å². The molecule has 0 aliphatic rings. The van der Waals surface area contributed by atoms with Gasteiger partial charge in [-0.05, 0) is 30.2 Å². The smallest absolute Gasteiger partial charge is 0.328 e. The second-order valence-corrected chi connectivity index (χ2v) is 4.55. The van der Waals surface area contributed by atoms with Gasteiger partial charge in [-0.25, -0.2) is 9.18 Å². The highest BCUT2D eigenvalue weighted by Crippen LogP contribution is 2.12. The SMILES string of the molecule is CCC(C)C(=O)NCc1cc(C=CC(=O)O)ccc1F. The van der Waals surface area contributed by atoms with Gasteiger partial charge in [0.15, 0.2) is 0 Å². The summed E-state index contributed by atoms with van der Waals surface area (Å²) in [6.07, 6.45) is 3.08. The molecule has 0 spiro atoms. The van der Waals surface area contributed by atoms with E-state index in [0.29, 0.717) is 11.1 Å². The second kappa shape index (κ2) is 7.43. The second-order valence-electron chi connectivity index (χ2n) is 4.55. The summed E-state index contributed by atoms with van der Waals surface area (Å²) in [5, 5.41) is 11.2. The van der Waals surface area contributed by atoms with E-state index in [1.54, 1.807) is 6.92 Å². The molecule has 0 saturated heterocycles. The lowest BCUT2D eigenvalue weighted by Gasteiger charge is -2.11. The maximum absolute atomic E-state index is 13.6. The number of carboxylic acids is 1. The van der Waals surface area contributed by atoms with Gasteiger partial charge >= 0.3 is 5.97 Å². The summed E-state index contributed by atoms with van der Waals surface area (Å²) >= 11 is 0. The molecule has 0 fully saturated rings. The van der Waals surface area contributed by atoms with Crippen LogP contribution in [0.4, 0.5) is 4.39 Å². The molecule has 0 aliphatic carbocycles. The monoisotopic (exact) mass is 279 g/mol. The zero-order valence-electron chi connectivity index (χ0n) is 11.5. The van der Waals surface area contributed by atoms with Gasteiger partial charge in [0.2, 0.25) is 5.91 Å². The predicted molar refractivity (Wildman–Crippen MR) is 74.4 cm³/mol. The molecule has 0 radical (unpaired) electrons. The van der Waals surface area contributed by atoms with Crippen molar-refractivity contribution in [2.24, 2.45) is 5.92 Å². The highest BCUT2D eigenvalue weighted by molar-refractivity contribution is 5.85. The van der Waals surface area contributed by atoms with E-state index in [9.17, 15) is 14.0 Å². The van der Waals surface area contributed by atoms with Gasteiger partial charge in [-0.3, -0.25) is 4.79 Å². The fourth-order valence-electron chi connectivity index (χ4n) is 1.54. The zero-order valence-corrected chi connectivity index (χ0v) is 11.5. The Balaban J connectivity index is 2.77. The lowest BCUT2D eigenvalue weighted by molar-refractivity contribution is -0.131. The molecule has 4 nitrogen and oxygen atoms in total. The fourth-order valence-corrected chi connectivity index (χ4v) is 1.54. The third-order valence-electron chi connectivity index (χ3n) is 3.00. The molecular formula is C15H18FNO3. The first-order valence-corrected chi connectivity index (χ1v) is 6.41. The van der Waals surface area contributed by atoms with Crippen LogP contribution in [0.15, 0.2) is 24.3 Å². The number of hydrogen-bond donors (Lipinski definition) is 2.